The fourth-order valence-corrected chi connectivity index (χ4v) is 2.37. The van der Waals surface area contributed by atoms with Crippen molar-refractivity contribution in [1.82, 2.24) is 9.78 Å². The highest BCUT2D eigenvalue weighted by atomic mass is 16.5. The van der Waals surface area contributed by atoms with E-state index in [-0.39, 0.29) is 0 Å². The van der Waals surface area contributed by atoms with Gasteiger partial charge in [-0.05, 0) is 31.0 Å². The number of aromatic nitrogens is 2. The van der Waals surface area contributed by atoms with Crippen molar-refractivity contribution in [3.8, 4) is 16.9 Å². The number of benzene rings is 1. The number of hydrogen-bond acceptors (Lipinski definition) is 4. The number of nitrogens with two attached hydrogens (primary N) is 1. The smallest absolute Gasteiger partial charge is 0.129 e. The minimum atomic E-state index is 0.642. The molecule has 0 aliphatic rings. The Morgan fingerprint density at radius 3 is 2.76 bits per heavy atom. The summed E-state index contributed by atoms with van der Waals surface area (Å²) in [6.45, 7) is 5.35. The lowest BCUT2D eigenvalue weighted by Crippen LogP contribution is -2.00. The van der Waals surface area contributed by atoms with E-state index in [1.165, 1.54) is 0 Å². The summed E-state index contributed by atoms with van der Waals surface area (Å²) in [6.07, 6.45) is 0.740. The van der Waals surface area contributed by atoms with Crippen molar-refractivity contribution in [1.29, 1.82) is 0 Å². The number of methoxy groups -OCH3 is 1. The summed E-state index contributed by atoms with van der Waals surface area (Å²) < 4.78 is 12.5. The van der Waals surface area contributed by atoms with Crippen LogP contribution in [0.25, 0.3) is 11.1 Å². The second kappa shape index (κ2) is 6.63. The molecule has 2 aromatic rings. The summed E-state index contributed by atoms with van der Waals surface area (Å²) in [5.74, 6) is 1.51. The zero-order valence-electron chi connectivity index (χ0n) is 13.1. The van der Waals surface area contributed by atoms with Crippen molar-refractivity contribution in [2.45, 2.75) is 20.3 Å². The van der Waals surface area contributed by atoms with E-state index in [0.29, 0.717) is 19.0 Å². The van der Waals surface area contributed by atoms with Crippen LogP contribution < -0.4 is 10.5 Å². The molecule has 0 bridgehead atoms. The van der Waals surface area contributed by atoms with Crippen molar-refractivity contribution in [2.75, 3.05) is 26.1 Å². The predicted octanol–water partition coefficient (Wildman–Crippen LogP) is 2.57. The molecule has 0 radical (unpaired) electrons. The van der Waals surface area contributed by atoms with Gasteiger partial charge in [-0.25, -0.2) is 0 Å². The number of hydrogen-bond donors (Lipinski definition) is 1. The van der Waals surface area contributed by atoms with E-state index in [2.05, 4.69) is 11.2 Å². The fraction of sp³-hybridized carbons (Fsp3) is 0.438. The van der Waals surface area contributed by atoms with Crippen LogP contribution in [-0.2, 0) is 18.2 Å². The largest absolute Gasteiger partial charge is 0.496 e. The summed E-state index contributed by atoms with van der Waals surface area (Å²) in [5, 5.41) is 4.51. The standard InChI is InChI=1S/C16H23N3O2/c1-5-21-9-8-13-15(16(17)19(3)18-13)12-7-6-11(2)14(10-12)20-4/h6-7,10H,5,8-9,17H2,1-4H3. The Labute approximate surface area is 125 Å². The van der Waals surface area contributed by atoms with Gasteiger partial charge in [0.25, 0.3) is 0 Å². The SMILES string of the molecule is CCOCCc1nn(C)c(N)c1-c1ccc(C)c(OC)c1. The molecule has 1 aromatic carbocycles. The van der Waals surface area contributed by atoms with Crippen LogP contribution in [0.3, 0.4) is 0 Å². The van der Waals surface area contributed by atoms with Crippen LogP contribution in [-0.4, -0.2) is 30.1 Å². The third-order valence-corrected chi connectivity index (χ3v) is 3.55. The minimum absolute atomic E-state index is 0.642. The average Bonchev–Trinajstić information content (AvgIpc) is 2.75. The number of nitrogens with zero attached hydrogens (tertiary/aromatic N) is 2. The zero-order valence-corrected chi connectivity index (χ0v) is 13.1. The molecule has 0 amide bonds. The maximum absolute atomic E-state index is 6.19. The van der Waals surface area contributed by atoms with Crippen LogP contribution in [0, 0.1) is 6.92 Å². The highest BCUT2D eigenvalue weighted by Crippen LogP contribution is 2.33. The van der Waals surface area contributed by atoms with Gasteiger partial charge in [0.05, 0.1) is 19.4 Å². The lowest BCUT2D eigenvalue weighted by molar-refractivity contribution is 0.150. The van der Waals surface area contributed by atoms with Crippen LogP contribution in [0.15, 0.2) is 18.2 Å². The van der Waals surface area contributed by atoms with E-state index in [1.807, 2.05) is 33.0 Å². The highest BCUT2D eigenvalue weighted by Gasteiger charge is 2.16. The van der Waals surface area contributed by atoms with Crippen molar-refractivity contribution >= 4 is 5.82 Å². The van der Waals surface area contributed by atoms with E-state index in [1.54, 1.807) is 11.8 Å². The van der Waals surface area contributed by atoms with Gasteiger partial charge in [-0.1, -0.05) is 12.1 Å². The van der Waals surface area contributed by atoms with Gasteiger partial charge in [0, 0.05) is 25.6 Å². The number of anilines is 1. The maximum Gasteiger partial charge on any atom is 0.129 e. The van der Waals surface area contributed by atoms with Gasteiger partial charge in [-0.15, -0.1) is 0 Å². The van der Waals surface area contributed by atoms with Crippen LogP contribution in [0.1, 0.15) is 18.2 Å². The second-order valence-corrected chi connectivity index (χ2v) is 4.96. The molecular weight excluding hydrogens is 266 g/mol. The van der Waals surface area contributed by atoms with Gasteiger partial charge < -0.3 is 15.2 Å². The van der Waals surface area contributed by atoms with E-state index in [4.69, 9.17) is 15.2 Å². The summed E-state index contributed by atoms with van der Waals surface area (Å²) >= 11 is 0. The Bertz CT molecular complexity index is 620. The topological polar surface area (TPSA) is 62.3 Å². The Kier molecular flexibility index (Phi) is 4.85. The van der Waals surface area contributed by atoms with Crippen molar-refractivity contribution in [3.05, 3.63) is 29.5 Å². The molecule has 0 saturated carbocycles. The Morgan fingerprint density at radius 1 is 1.33 bits per heavy atom. The van der Waals surface area contributed by atoms with Gasteiger partial charge in [-0.3, -0.25) is 4.68 Å². The normalized spacial score (nSPS) is 10.9. The van der Waals surface area contributed by atoms with Crippen LogP contribution in [0.4, 0.5) is 5.82 Å². The highest BCUT2D eigenvalue weighted by molar-refractivity contribution is 5.78. The fourth-order valence-electron chi connectivity index (χ4n) is 2.37. The van der Waals surface area contributed by atoms with E-state index >= 15 is 0 Å². The molecule has 5 heteroatoms. The number of nitrogen functional groups attached to an aromatic ring is 1. The average molecular weight is 289 g/mol. The van der Waals surface area contributed by atoms with Gasteiger partial charge in [0.2, 0.25) is 0 Å². The van der Waals surface area contributed by atoms with Crippen LogP contribution >= 0.6 is 0 Å². The van der Waals surface area contributed by atoms with Crippen LogP contribution in [0.5, 0.6) is 5.75 Å². The van der Waals surface area contributed by atoms with Crippen molar-refractivity contribution < 1.29 is 9.47 Å². The first-order valence-electron chi connectivity index (χ1n) is 7.12. The molecule has 0 atom stereocenters. The van der Waals surface area contributed by atoms with Gasteiger partial charge >= 0.3 is 0 Å². The molecule has 21 heavy (non-hydrogen) atoms. The molecule has 0 saturated heterocycles. The summed E-state index contributed by atoms with van der Waals surface area (Å²) in [6, 6.07) is 6.09. The molecule has 1 heterocycles. The summed E-state index contributed by atoms with van der Waals surface area (Å²) in [4.78, 5) is 0. The van der Waals surface area contributed by atoms with E-state index in [0.717, 1.165) is 34.6 Å². The lowest BCUT2D eigenvalue weighted by atomic mass is 10.0. The molecule has 0 fully saturated rings. The van der Waals surface area contributed by atoms with Gasteiger partial charge in [0.15, 0.2) is 0 Å². The molecule has 114 valence electrons. The third-order valence-electron chi connectivity index (χ3n) is 3.55. The minimum Gasteiger partial charge on any atom is -0.496 e. The molecule has 0 unspecified atom stereocenters. The van der Waals surface area contributed by atoms with E-state index < -0.39 is 0 Å². The molecule has 0 spiro atoms. The van der Waals surface area contributed by atoms with Crippen molar-refractivity contribution in [3.63, 3.8) is 0 Å². The predicted molar refractivity (Wildman–Crippen MR) is 84.5 cm³/mol. The zero-order chi connectivity index (χ0) is 15.4. The number of aryl methyl sites for hydroxylation is 2. The molecule has 0 aliphatic carbocycles. The summed E-state index contributed by atoms with van der Waals surface area (Å²) in [7, 11) is 3.53. The van der Waals surface area contributed by atoms with Gasteiger partial charge in [0.1, 0.15) is 11.6 Å². The quantitative estimate of drug-likeness (QED) is 0.830. The van der Waals surface area contributed by atoms with Crippen LogP contribution in [0.2, 0.25) is 0 Å². The first-order chi connectivity index (χ1) is 10.1. The van der Waals surface area contributed by atoms with Crippen molar-refractivity contribution in [2.24, 2.45) is 7.05 Å². The molecule has 2 N–H and O–H groups in total. The lowest BCUT2D eigenvalue weighted by Gasteiger charge is -2.09. The molecule has 5 nitrogen and oxygen atoms in total. The number of rotatable bonds is 6. The van der Waals surface area contributed by atoms with E-state index in [9.17, 15) is 0 Å². The molecule has 0 aliphatic heterocycles. The maximum atomic E-state index is 6.19. The Hall–Kier alpha value is -2.01. The molecule has 2 rings (SSSR count). The third kappa shape index (κ3) is 3.19. The number of ether oxygens (including phenoxy) is 2. The first-order valence-corrected chi connectivity index (χ1v) is 7.12. The Morgan fingerprint density at radius 2 is 2.10 bits per heavy atom. The Balaban J connectivity index is 2.42. The monoisotopic (exact) mass is 289 g/mol. The molecular formula is C16H23N3O2. The second-order valence-electron chi connectivity index (χ2n) is 4.96. The summed E-state index contributed by atoms with van der Waals surface area (Å²) in [5.41, 5.74) is 10.2. The van der Waals surface area contributed by atoms with Gasteiger partial charge in [-0.2, -0.15) is 5.10 Å². The first kappa shape index (κ1) is 15.4. The molecule has 1 aromatic heterocycles.